The van der Waals surface area contributed by atoms with E-state index in [4.69, 9.17) is 10.5 Å². The SMILES string of the molecule is CC(C)N(C[C@H]1O[C@@H](N2CNC3C(N)N(C)CN(C)C32)[C@H](O)[C@@H]1O)C1CC(CCC2Nc3ccc(C4CC4)cc3N2)C1. The van der Waals surface area contributed by atoms with E-state index in [1.54, 1.807) is 0 Å². The fourth-order valence-corrected chi connectivity index (χ4v) is 8.27. The number of likely N-dealkylation sites (N-methyl/N-ethyl adjacent to an activating group) is 2. The molecule has 7 rings (SSSR count). The van der Waals surface area contributed by atoms with Crippen LogP contribution in [0.3, 0.4) is 0 Å². The van der Waals surface area contributed by atoms with Crippen LogP contribution in [0.1, 0.15) is 63.9 Å². The van der Waals surface area contributed by atoms with Crippen LogP contribution in [0.4, 0.5) is 11.4 Å². The van der Waals surface area contributed by atoms with Gasteiger partial charge >= 0.3 is 0 Å². The highest BCUT2D eigenvalue weighted by atomic mass is 16.6. The molecule has 2 aliphatic carbocycles. The molecule has 8 atom stereocenters. The van der Waals surface area contributed by atoms with Crippen molar-refractivity contribution in [2.24, 2.45) is 11.7 Å². The number of nitrogens with one attached hydrogen (secondary N) is 3. The highest BCUT2D eigenvalue weighted by molar-refractivity contribution is 5.75. The van der Waals surface area contributed by atoms with E-state index in [0.717, 1.165) is 24.9 Å². The minimum Gasteiger partial charge on any atom is -0.387 e. The molecule has 2 saturated carbocycles. The molecule has 3 saturated heterocycles. The van der Waals surface area contributed by atoms with E-state index in [0.29, 0.717) is 31.5 Å². The maximum absolute atomic E-state index is 11.1. The molecule has 1 aromatic rings. The average molecular weight is 585 g/mol. The first-order valence-corrected chi connectivity index (χ1v) is 16.3. The molecular formula is C31H52N8O3. The van der Waals surface area contributed by atoms with Gasteiger partial charge in [0.05, 0.1) is 49.3 Å². The predicted octanol–water partition coefficient (Wildman–Crippen LogP) is 1.12. The van der Waals surface area contributed by atoms with Gasteiger partial charge in [0, 0.05) is 18.6 Å². The van der Waals surface area contributed by atoms with E-state index >= 15 is 0 Å². The summed E-state index contributed by atoms with van der Waals surface area (Å²) in [4.78, 5) is 8.99. The summed E-state index contributed by atoms with van der Waals surface area (Å²) in [6, 6.07) is 7.76. The molecule has 7 N–H and O–H groups in total. The summed E-state index contributed by atoms with van der Waals surface area (Å²) in [5.74, 6) is 1.50. The van der Waals surface area contributed by atoms with Crippen LogP contribution in [0, 0.1) is 5.92 Å². The Morgan fingerprint density at radius 1 is 1.05 bits per heavy atom. The highest BCUT2D eigenvalue weighted by Crippen LogP contribution is 2.44. The first-order chi connectivity index (χ1) is 20.2. The molecule has 11 heteroatoms. The summed E-state index contributed by atoms with van der Waals surface area (Å²) in [7, 11) is 4.10. The second kappa shape index (κ2) is 11.4. The molecule has 42 heavy (non-hydrogen) atoms. The normalized spacial score (nSPS) is 40.7. The zero-order valence-electron chi connectivity index (χ0n) is 25.7. The molecular weight excluding hydrogens is 532 g/mol. The third kappa shape index (κ3) is 5.35. The molecule has 6 aliphatic rings. The van der Waals surface area contributed by atoms with Crippen LogP contribution in [-0.2, 0) is 4.74 Å². The van der Waals surface area contributed by atoms with Gasteiger partial charge in [0.25, 0.3) is 0 Å². The van der Waals surface area contributed by atoms with Gasteiger partial charge in [0.1, 0.15) is 24.5 Å². The smallest absolute Gasteiger partial charge is 0.142 e. The summed E-state index contributed by atoms with van der Waals surface area (Å²) in [6.07, 6.45) is 4.67. The Hall–Kier alpha value is -1.54. The lowest BCUT2D eigenvalue weighted by molar-refractivity contribution is -0.140. The molecule has 4 unspecified atom stereocenters. The van der Waals surface area contributed by atoms with Crippen molar-refractivity contribution in [1.29, 1.82) is 0 Å². The molecule has 4 heterocycles. The summed E-state index contributed by atoms with van der Waals surface area (Å²) >= 11 is 0. The Kier molecular flexibility index (Phi) is 7.94. The molecule has 1 aromatic carbocycles. The van der Waals surface area contributed by atoms with Crippen molar-refractivity contribution in [3.05, 3.63) is 23.8 Å². The number of benzene rings is 1. The molecule has 0 radical (unpaired) electrons. The lowest BCUT2D eigenvalue weighted by Gasteiger charge is -2.47. The monoisotopic (exact) mass is 584 g/mol. The highest BCUT2D eigenvalue weighted by Gasteiger charge is 2.54. The first-order valence-electron chi connectivity index (χ1n) is 16.3. The zero-order chi connectivity index (χ0) is 29.3. The molecule has 0 bridgehead atoms. The third-order valence-corrected chi connectivity index (χ3v) is 11.0. The molecule has 0 amide bonds. The molecule has 0 aromatic heterocycles. The summed E-state index contributed by atoms with van der Waals surface area (Å²) in [5, 5.41) is 33.2. The van der Waals surface area contributed by atoms with Crippen LogP contribution < -0.4 is 21.7 Å². The van der Waals surface area contributed by atoms with Gasteiger partial charge in [0.2, 0.25) is 0 Å². The lowest BCUT2D eigenvalue weighted by atomic mass is 9.76. The minimum atomic E-state index is -0.959. The zero-order valence-corrected chi connectivity index (χ0v) is 25.7. The number of aliphatic hydroxyl groups excluding tert-OH is 2. The van der Waals surface area contributed by atoms with Crippen molar-refractivity contribution in [3.8, 4) is 0 Å². The van der Waals surface area contributed by atoms with Gasteiger partial charge in [-0.05, 0) is 96.0 Å². The Morgan fingerprint density at radius 2 is 1.81 bits per heavy atom. The maximum atomic E-state index is 11.1. The van der Waals surface area contributed by atoms with Crippen LogP contribution in [0.25, 0.3) is 0 Å². The number of aliphatic hydroxyl groups is 2. The lowest BCUT2D eigenvalue weighted by Crippen LogP contribution is -2.68. The third-order valence-electron chi connectivity index (χ3n) is 11.0. The fourth-order valence-electron chi connectivity index (χ4n) is 8.27. The van der Waals surface area contributed by atoms with Gasteiger partial charge in [-0.2, -0.15) is 0 Å². The van der Waals surface area contributed by atoms with E-state index < -0.39 is 24.5 Å². The fraction of sp³-hybridized carbons (Fsp3) is 0.806. The van der Waals surface area contributed by atoms with E-state index in [9.17, 15) is 10.2 Å². The van der Waals surface area contributed by atoms with E-state index in [1.165, 1.54) is 49.0 Å². The Labute approximate surface area is 250 Å². The molecule has 4 aliphatic heterocycles. The van der Waals surface area contributed by atoms with Gasteiger partial charge in [-0.3, -0.25) is 20.0 Å². The van der Waals surface area contributed by atoms with Crippen LogP contribution in [-0.4, -0.2) is 125 Å². The number of hydrogen-bond acceptors (Lipinski definition) is 11. The number of nitrogens with two attached hydrogens (primary N) is 1. The van der Waals surface area contributed by atoms with Crippen molar-refractivity contribution in [2.45, 2.75) is 119 Å². The van der Waals surface area contributed by atoms with Gasteiger partial charge < -0.3 is 31.3 Å². The second-order valence-corrected chi connectivity index (χ2v) is 14.3. The first kappa shape index (κ1) is 29.2. The van der Waals surface area contributed by atoms with Crippen molar-refractivity contribution in [1.82, 2.24) is 24.9 Å². The van der Waals surface area contributed by atoms with Crippen LogP contribution in [0.5, 0.6) is 0 Å². The van der Waals surface area contributed by atoms with E-state index in [2.05, 4.69) is 74.6 Å². The number of nitrogens with zero attached hydrogens (tertiary/aromatic N) is 4. The Bertz CT molecular complexity index is 1120. The number of ether oxygens (including phenoxy) is 1. The molecule has 11 nitrogen and oxygen atoms in total. The van der Waals surface area contributed by atoms with Crippen molar-refractivity contribution in [3.63, 3.8) is 0 Å². The quantitative estimate of drug-likeness (QED) is 0.250. The summed E-state index contributed by atoms with van der Waals surface area (Å²) in [6.45, 7) is 6.39. The van der Waals surface area contributed by atoms with Gasteiger partial charge in [-0.1, -0.05) is 6.07 Å². The van der Waals surface area contributed by atoms with Gasteiger partial charge in [0.15, 0.2) is 0 Å². The minimum absolute atomic E-state index is 0.00674. The summed E-state index contributed by atoms with van der Waals surface area (Å²) < 4.78 is 6.47. The summed E-state index contributed by atoms with van der Waals surface area (Å²) in [5.41, 5.74) is 10.5. The molecule has 5 fully saturated rings. The standard InChI is InChI=1S/C31H52N8O3/c1-17(2)38(21-11-18(12-21)5-10-25-34-22-9-8-20(19-6-7-19)13-23(22)35-25)14-24-27(40)28(41)31(42-24)39-15-33-26-29(32)36(3)16-37(4)30(26)39/h8-9,13,17-19,21,24-31,33-35,40-41H,5-7,10-12,14-16,32H2,1-4H3/t18?,21?,24-,25?,26?,27-,28-,29?,30?,31-/m1/s1. The van der Waals surface area contributed by atoms with Crippen LogP contribution in [0.2, 0.25) is 0 Å². The van der Waals surface area contributed by atoms with E-state index in [-0.39, 0.29) is 18.4 Å². The topological polar surface area (TPSA) is 125 Å². The largest absolute Gasteiger partial charge is 0.387 e. The maximum Gasteiger partial charge on any atom is 0.142 e. The van der Waals surface area contributed by atoms with Crippen molar-refractivity contribution in [2.75, 3.05) is 44.6 Å². The number of hydrogen-bond donors (Lipinski definition) is 6. The number of rotatable bonds is 9. The number of fused-ring (bicyclic) bond motifs is 2. The van der Waals surface area contributed by atoms with E-state index in [1.807, 2.05) is 7.05 Å². The second-order valence-electron chi connectivity index (χ2n) is 14.3. The van der Waals surface area contributed by atoms with Crippen LogP contribution in [0.15, 0.2) is 18.2 Å². The molecule has 234 valence electrons. The van der Waals surface area contributed by atoms with Crippen molar-refractivity contribution >= 4 is 11.4 Å². The van der Waals surface area contributed by atoms with Gasteiger partial charge in [-0.15, -0.1) is 0 Å². The van der Waals surface area contributed by atoms with Gasteiger partial charge in [-0.25, -0.2) is 4.90 Å². The molecule has 0 spiro atoms. The van der Waals surface area contributed by atoms with Crippen LogP contribution >= 0.6 is 0 Å². The number of anilines is 2. The Morgan fingerprint density at radius 3 is 2.55 bits per heavy atom. The predicted molar refractivity (Wildman–Crippen MR) is 163 cm³/mol. The Balaban J connectivity index is 0.905. The average Bonchev–Trinajstić information content (AvgIpc) is 3.46. The van der Waals surface area contributed by atoms with Crippen molar-refractivity contribution < 1.29 is 14.9 Å².